The number of hydrogen-bond acceptors (Lipinski definition) is 5. The number of halogens is 1. The molecule has 0 N–H and O–H groups in total. The van der Waals surface area contributed by atoms with Crippen molar-refractivity contribution in [1.82, 2.24) is 0 Å². The number of anilines is 2. The fourth-order valence-corrected chi connectivity index (χ4v) is 3.93. The van der Waals surface area contributed by atoms with Gasteiger partial charge >= 0.3 is 0 Å². The molecule has 0 radical (unpaired) electrons. The van der Waals surface area contributed by atoms with E-state index in [4.69, 9.17) is 14.2 Å². The van der Waals surface area contributed by atoms with Crippen LogP contribution in [0.15, 0.2) is 36.4 Å². The molecular formula is C21H25ClN2O3. The van der Waals surface area contributed by atoms with Crippen molar-refractivity contribution < 1.29 is 14.2 Å². The normalized spacial score (nSPS) is 18.8. The van der Waals surface area contributed by atoms with Gasteiger partial charge in [0.1, 0.15) is 11.5 Å². The lowest BCUT2D eigenvalue weighted by molar-refractivity contribution is 0.122. The average Bonchev–Trinajstić information content (AvgIpc) is 2.73. The number of morpholine rings is 2. The summed E-state index contributed by atoms with van der Waals surface area (Å²) in [7, 11) is 0. The summed E-state index contributed by atoms with van der Waals surface area (Å²) in [6.45, 7) is 6.95. The fraction of sp³-hybridized carbons (Fsp3) is 0.429. The van der Waals surface area contributed by atoms with Crippen LogP contribution in [0.4, 0.5) is 11.4 Å². The van der Waals surface area contributed by atoms with Crippen molar-refractivity contribution in [2.24, 2.45) is 0 Å². The second kappa shape index (κ2) is 7.97. The quantitative estimate of drug-likeness (QED) is 0.671. The third-order valence-corrected chi connectivity index (χ3v) is 5.45. The second-order valence-corrected chi connectivity index (χ2v) is 7.06. The van der Waals surface area contributed by atoms with E-state index in [1.807, 2.05) is 0 Å². The lowest BCUT2D eigenvalue weighted by atomic mass is 9.99. The molecule has 0 aliphatic carbocycles. The van der Waals surface area contributed by atoms with Gasteiger partial charge in [-0.15, -0.1) is 12.4 Å². The Bertz CT molecular complexity index is 737. The maximum atomic E-state index is 6.32. The van der Waals surface area contributed by atoms with Gasteiger partial charge in [0.2, 0.25) is 0 Å². The Morgan fingerprint density at radius 3 is 1.52 bits per heavy atom. The Hall–Kier alpha value is -1.95. The lowest BCUT2D eigenvalue weighted by Crippen LogP contribution is -2.36. The number of ether oxygens (including phenoxy) is 3. The van der Waals surface area contributed by atoms with Crippen LogP contribution in [-0.4, -0.2) is 52.6 Å². The number of hydrogen-bond donors (Lipinski definition) is 0. The molecule has 0 bridgehead atoms. The van der Waals surface area contributed by atoms with Crippen molar-refractivity contribution in [3.8, 4) is 11.5 Å². The Kier molecular flexibility index (Phi) is 5.43. The fourth-order valence-electron chi connectivity index (χ4n) is 3.93. The Labute approximate surface area is 166 Å². The van der Waals surface area contributed by atoms with Crippen molar-refractivity contribution in [3.05, 3.63) is 47.5 Å². The highest BCUT2D eigenvalue weighted by molar-refractivity contribution is 5.85. The highest BCUT2D eigenvalue weighted by atomic mass is 35.5. The van der Waals surface area contributed by atoms with Gasteiger partial charge in [-0.1, -0.05) is 12.1 Å². The van der Waals surface area contributed by atoms with Gasteiger partial charge in [-0.2, -0.15) is 0 Å². The van der Waals surface area contributed by atoms with Gasteiger partial charge in [0.15, 0.2) is 0 Å². The monoisotopic (exact) mass is 388 g/mol. The topological polar surface area (TPSA) is 34.2 Å². The van der Waals surface area contributed by atoms with E-state index in [9.17, 15) is 0 Å². The second-order valence-electron chi connectivity index (χ2n) is 7.06. The first-order valence-corrected chi connectivity index (χ1v) is 9.46. The minimum Gasteiger partial charge on any atom is -0.457 e. The van der Waals surface area contributed by atoms with Crippen LogP contribution < -0.4 is 14.5 Å². The molecular weight excluding hydrogens is 364 g/mol. The highest BCUT2D eigenvalue weighted by Crippen LogP contribution is 2.40. The molecule has 0 amide bonds. The zero-order valence-electron chi connectivity index (χ0n) is 15.4. The molecule has 3 aliphatic heterocycles. The summed E-state index contributed by atoms with van der Waals surface area (Å²) in [4.78, 5) is 4.74. The molecule has 3 aliphatic rings. The van der Waals surface area contributed by atoms with Crippen LogP contribution >= 0.6 is 12.4 Å². The summed E-state index contributed by atoms with van der Waals surface area (Å²) in [5, 5.41) is 0. The van der Waals surface area contributed by atoms with Gasteiger partial charge < -0.3 is 24.0 Å². The predicted octanol–water partition coefficient (Wildman–Crippen LogP) is 3.48. The van der Waals surface area contributed by atoms with Crippen LogP contribution in [0.2, 0.25) is 0 Å². The summed E-state index contributed by atoms with van der Waals surface area (Å²) >= 11 is 0. The zero-order valence-corrected chi connectivity index (χ0v) is 16.2. The molecule has 0 aromatic heterocycles. The van der Waals surface area contributed by atoms with E-state index in [-0.39, 0.29) is 12.4 Å². The third kappa shape index (κ3) is 3.72. The predicted molar refractivity (Wildman–Crippen MR) is 109 cm³/mol. The summed E-state index contributed by atoms with van der Waals surface area (Å²) in [5.41, 5.74) is 4.96. The van der Waals surface area contributed by atoms with E-state index in [2.05, 4.69) is 46.2 Å². The minimum absolute atomic E-state index is 0. The van der Waals surface area contributed by atoms with E-state index in [1.165, 1.54) is 22.5 Å². The maximum absolute atomic E-state index is 6.32. The minimum atomic E-state index is 0. The van der Waals surface area contributed by atoms with E-state index in [0.717, 1.165) is 70.5 Å². The standard InChI is InChI=1S/C21H24N2O3.ClH/c1-3-18(22-5-9-24-10-6-22)14-20-16(1)13-17-2-4-19(15-21(17)26-20)23-7-11-25-12-8-23;/h1-4,14-15H,5-13H2;1H. The Morgan fingerprint density at radius 1 is 0.630 bits per heavy atom. The number of benzene rings is 2. The number of nitrogens with zero attached hydrogens (tertiary/aromatic N) is 2. The molecule has 2 aromatic rings. The van der Waals surface area contributed by atoms with Crippen LogP contribution in [0.1, 0.15) is 11.1 Å². The SMILES string of the molecule is Cl.c1cc2c(cc1N1CCOCC1)Oc1cc(N3CCOCC3)ccc1C2. The van der Waals surface area contributed by atoms with Crippen molar-refractivity contribution in [1.29, 1.82) is 0 Å². The maximum Gasteiger partial charge on any atom is 0.133 e. The Morgan fingerprint density at radius 2 is 1.07 bits per heavy atom. The molecule has 2 aromatic carbocycles. The first-order chi connectivity index (χ1) is 12.9. The van der Waals surface area contributed by atoms with Gasteiger partial charge in [-0.05, 0) is 23.3 Å². The van der Waals surface area contributed by atoms with Gasteiger partial charge in [-0.3, -0.25) is 0 Å². The first kappa shape index (κ1) is 18.4. The molecule has 3 heterocycles. The van der Waals surface area contributed by atoms with Crippen molar-refractivity contribution >= 4 is 23.8 Å². The van der Waals surface area contributed by atoms with E-state index in [0.29, 0.717) is 0 Å². The van der Waals surface area contributed by atoms with Crippen molar-refractivity contribution in [3.63, 3.8) is 0 Å². The summed E-state index contributed by atoms with van der Waals surface area (Å²) in [6.07, 6.45) is 0.928. The molecule has 0 atom stereocenters. The molecule has 0 unspecified atom stereocenters. The molecule has 2 saturated heterocycles. The number of fused-ring (bicyclic) bond motifs is 2. The molecule has 0 saturated carbocycles. The van der Waals surface area contributed by atoms with Gasteiger partial charge in [0.25, 0.3) is 0 Å². The van der Waals surface area contributed by atoms with E-state index in [1.54, 1.807) is 0 Å². The average molecular weight is 389 g/mol. The molecule has 27 heavy (non-hydrogen) atoms. The van der Waals surface area contributed by atoms with Gasteiger partial charge in [-0.25, -0.2) is 0 Å². The smallest absolute Gasteiger partial charge is 0.133 e. The van der Waals surface area contributed by atoms with Crippen molar-refractivity contribution in [2.75, 3.05) is 62.4 Å². The highest BCUT2D eigenvalue weighted by Gasteiger charge is 2.21. The van der Waals surface area contributed by atoms with Gasteiger partial charge in [0.05, 0.1) is 26.4 Å². The molecule has 6 heteroatoms. The molecule has 144 valence electrons. The number of rotatable bonds is 2. The van der Waals surface area contributed by atoms with Crippen LogP contribution in [0.25, 0.3) is 0 Å². The Balaban J connectivity index is 0.00000180. The van der Waals surface area contributed by atoms with Gasteiger partial charge in [0, 0.05) is 56.1 Å². The molecule has 5 rings (SSSR count). The van der Waals surface area contributed by atoms with Crippen LogP contribution in [0.3, 0.4) is 0 Å². The molecule has 5 nitrogen and oxygen atoms in total. The van der Waals surface area contributed by atoms with E-state index >= 15 is 0 Å². The largest absolute Gasteiger partial charge is 0.457 e. The zero-order chi connectivity index (χ0) is 17.3. The van der Waals surface area contributed by atoms with Crippen LogP contribution in [0, 0.1) is 0 Å². The molecule has 0 spiro atoms. The van der Waals surface area contributed by atoms with Crippen LogP contribution in [-0.2, 0) is 15.9 Å². The van der Waals surface area contributed by atoms with Crippen LogP contribution in [0.5, 0.6) is 11.5 Å². The lowest BCUT2D eigenvalue weighted by Gasteiger charge is -2.31. The first-order valence-electron chi connectivity index (χ1n) is 9.46. The summed E-state index contributed by atoms with van der Waals surface area (Å²) < 4.78 is 17.3. The third-order valence-electron chi connectivity index (χ3n) is 5.45. The summed E-state index contributed by atoms with van der Waals surface area (Å²) in [5.74, 6) is 1.97. The van der Waals surface area contributed by atoms with E-state index < -0.39 is 0 Å². The summed E-state index contributed by atoms with van der Waals surface area (Å²) in [6, 6.07) is 13.2. The molecule has 2 fully saturated rings. The van der Waals surface area contributed by atoms with Crippen molar-refractivity contribution in [2.45, 2.75) is 6.42 Å².